The zero-order chi connectivity index (χ0) is 24.1. The Morgan fingerprint density at radius 2 is 1.74 bits per heavy atom. The Morgan fingerprint density at radius 3 is 2.35 bits per heavy atom. The highest BCUT2D eigenvalue weighted by molar-refractivity contribution is 6.16. The van der Waals surface area contributed by atoms with Gasteiger partial charge in [-0.3, -0.25) is 14.7 Å². The van der Waals surface area contributed by atoms with Crippen molar-refractivity contribution in [3.63, 3.8) is 0 Å². The number of hydrogen-bond donors (Lipinski definition) is 0. The number of carbonyl (C=O) groups excluding carboxylic acids is 2. The normalized spacial score (nSPS) is 29.6. The van der Waals surface area contributed by atoms with Gasteiger partial charge in [0.15, 0.2) is 5.78 Å². The maximum atomic E-state index is 14.3. The average Bonchev–Trinajstić information content (AvgIpc) is 3.01. The Kier molecular flexibility index (Phi) is 5.19. The lowest BCUT2D eigenvalue weighted by Crippen LogP contribution is -2.63. The van der Waals surface area contributed by atoms with Gasteiger partial charge < -0.3 is 9.47 Å². The third-order valence-corrected chi connectivity index (χ3v) is 7.63. The Morgan fingerprint density at radius 1 is 1.09 bits per heavy atom. The van der Waals surface area contributed by atoms with Crippen molar-refractivity contribution < 1.29 is 19.1 Å². The maximum absolute atomic E-state index is 14.3. The van der Waals surface area contributed by atoms with Crippen molar-refractivity contribution in [3.05, 3.63) is 89.2 Å². The van der Waals surface area contributed by atoms with E-state index in [4.69, 9.17) is 14.5 Å². The van der Waals surface area contributed by atoms with Crippen molar-refractivity contribution in [2.75, 3.05) is 13.7 Å². The van der Waals surface area contributed by atoms with Crippen LogP contribution in [0.3, 0.4) is 0 Å². The standard InChI is InChI=1S/C28H28N2O4/c1-5-34-26(32)30-17-29-24-21(33-4)16-22(30)28(20-14-10-7-11-15-20)23(19-12-8-6-9-13-19)18(2)25(31)27(24,28)3/h6-17,22,24H,5H2,1-4H3/t22-,24+,27+,28-/m1/s1. The number of benzene rings is 2. The number of amides is 1. The van der Waals surface area contributed by atoms with Crippen LogP contribution in [0, 0.1) is 5.41 Å². The van der Waals surface area contributed by atoms with Crippen LogP contribution in [0.5, 0.6) is 0 Å². The molecule has 0 saturated heterocycles. The van der Waals surface area contributed by atoms with Crippen LogP contribution >= 0.6 is 0 Å². The van der Waals surface area contributed by atoms with E-state index < -0.39 is 29.0 Å². The molecule has 2 heterocycles. The average molecular weight is 457 g/mol. The van der Waals surface area contributed by atoms with Gasteiger partial charge in [0.25, 0.3) is 0 Å². The summed E-state index contributed by atoms with van der Waals surface area (Å²) in [5.41, 5.74) is 1.55. The third kappa shape index (κ3) is 2.65. The summed E-state index contributed by atoms with van der Waals surface area (Å²) < 4.78 is 11.2. The molecule has 34 heavy (non-hydrogen) atoms. The first kappa shape index (κ1) is 22.1. The van der Waals surface area contributed by atoms with Gasteiger partial charge in [0, 0.05) is 0 Å². The molecule has 0 spiro atoms. The van der Waals surface area contributed by atoms with Gasteiger partial charge in [0.1, 0.15) is 11.8 Å². The Balaban J connectivity index is 1.92. The van der Waals surface area contributed by atoms with Crippen molar-refractivity contribution >= 4 is 23.8 Å². The Bertz CT molecular complexity index is 1230. The molecule has 2 aromatic carbocycles. The quantitative estimate of drug-likeness (QED) is 0.665. The number of nitrogens with zero attached hydrogens (tertiary/aromatic N) is 2. The van der Waals surface area contributed by atoms with Crippen molar-refractivity contribution in [1.29, 1.82) is 0 Å². The Hall–Kier alpha value is -3.67. The first-order valence-corrected chi connectivity index (χ1v) is 11.5. The van der Waals surface area contributed by atoms with Crippen LogP contribution in [0.4, 0.5) is 4.79 Å². The minimum Gasteiger partial charge on any atom is -0.499 e. The number of methoxy groups -OCH3 is 1. The molecule has 6 nitrogen and oxygen atoms in total. The van der Waals surface area contributed by atoms with Crippen molar-refractivity contribution in [2.24, 2.45) is 10.4 Å². The van der Waals surface area contributed by atoms with E-state index >= 15 is 0 Å². The fourth-order valence-corrected chi connectivity index (χ4v) is 6.31. The summed E-state index contributed by atoms with van der Waals surface area (Å²) in [5.74, 6) is 0.591. The van der Waals surface area contributed by atoms with Crippen LogP contribution in [-0.4, -0.2) is 48.9 Å². The number of ether oxygens (including phenoxy) is 2. The molecular formula is C28H28N2O4. The first-order valence-electron chi connectivity index (χ1n) is 11.5. The van der Waals surface area contributed by atoms with Gasteiger partial charge >= 0.3 is 6.09 Å². The smallest absolute Gasteiger partial charge is 0.415 e. The fraction of sp³-hybridized carbons (Fsp3) is 0.321. The lowest BCUT2D eigenvalue weighted by atomic mass is 9.50. The second-order valence-corrected chi connectivity index (χ2v) is 9.06. The summed E-state index contributed by atoms with van der Waals surface area (Å²) in [4.78, 5) is 33.8. The molecule has 1 amide bonds. The SMILES string of the molecule is CCOC(=O)N1C=N[C@H]2C(OC)=C[C@@H]1[C@]1(c3ccccc3)C(c3ccccc3)=C(C)C(=O)[C@]21C. The summed E-state index contributed by atoms with van der Waals surface area (Å²) in [6.45, 7) is 5.86. The molecule has 4 aliphatic rings. The molecule has 4 atom stereocenters. The van der Waals surface area contributed by atoms with Crippen LogP contribution in [-0.2, 0) is 19.7 Å². The second-order valence-electron chi connectivity index (χ2n) is 9.06. The molecular weight excluding hydrogens is 428 g/mol. The third-order valence-electron chi connectivity index (χ3n) is 7.63. The van der Waals surface area contributed by atoms with E-state index in [1.54, 1.807) is 14.0 Å². The van der Waals surface area contributed by atoms with E-state index in [0.29, 0.717) is 11.3 Å². The number of allylic oxidation sites excluding steroid dienone is 1. The highest BCUT2D eigenvalue weighted by atomic mass is 16.6. The molecule has 0 radical (unpaired) electrons. The van der Waals surface area contributed by atoms with Gasteiger partial charge in [-0.2, -0.15) is 0 Å². The molecule has 0 saturated carbocycles. The van der Waals surface area contributed by atoms with E-state index in [2.05, 4.69) is 0 Å². The lowest BCUT2D eigenvalue weighted by molar-refractivity contribution is -0.127. The lowest BCUT2D eigenvalue weighted by Gasteiger charge is -2.54. The fourth-order valence-electron chi connectivity index (χ4n) is 6.31. The summed E-state index contributed by atoms with van der Waals surface area (Å²) in [5, 5.41) is 0. The van der Waals surface area contributed by atoms with Gasteiger partial charge in [-0.1, -0.05) is 60.7 Å². The minimum atomic E-state index is -1.02. The number of aliphatic imine (C=N–C) groups is 1. The van der Waals surface area contributed by atoms with Crippen LogP contribution in [0.1, 0.15) is 31.9 Å². The summed E-state index contributed by atoms with van der Waals surface area (Å²) in [7, 11) is 1.59. The highest BCUT2D eigenvalue weighted by Crippen LogP contribution is 2.66. The number of Topliss-reactive ketones (excluding diaryl/α,β-unsaturated/α-hetero) is 1. The predicted molar refractivity (Wildman–Crippen MR) is 130 cm³/mol. The Labute approximate surface area is 199 Å². The molecule has 0 fully saturated rings. The highest BCUT2D eigenvalue weighted by Gasteiger charge is 2.72. The second kappa shape index (κ2) is 7.97. The molecule has 6 heteroatoms. The largest absolute Gasteiger partial charge is 0.499 e. The molecule has 2 aliphatic carbocycles. The number of fused-ring (bicyclic) bond motifs is 1. The monoisotopic (exact) mass is 456 g/mol. The summed E-state index contributed by atoms with van der Waals surface area (Å²) >= 11 is 0. The van der Waals surface area contributed by atoms with Gasteiger partial charge in [-0.05, 0) is 49.1 Å². The summed E-state index contributed by atoms with van der Waals surface area (Å²) in [6.07, 6.45) is 2.96. The van der Waals surface area contributed by atoms with Crippen LogP contribution in [0.15, 0.2) is 83.1 Å². The molecule has 0 N–H and O–H groups in total. The van der Waals surface area contributed by atoms with Crippen LogP contribution in [0.2, 0.25) is 0 Å². The maximum Gasteiger partial charge on any atom is 0.415 e. The number of carbonyl (C=O) groups is 2. The molecule has 6 rings (SSSR count). The minimum absolute atomic E-state index is 0.00992. The van der Waals surface area contributed by atoms with Crippen molar-refractivity contribution in [1.82, 2.24) is 4.90 Å². The molecule has 0 unspecified atom stereocenters. The van der Waals surface area contributed by atoms with Gasteiger partial charge in [-0.25, -0.2) is 4.79 Å². The molecule has 2 aliphatic heterocycles. The molecule has 174 valence electrons. The van der Waals surface area contributed by atoms with E-state index in [1.165, 1.54) is 11.2 Å². The molecule has 0 aromatic heterocycles. The van der Waals surface area contributed by atoms with Gasteiger partial charge in [-0.15, -0.1) is 0 Å². The molecule has 2 aromatic rings. The zero-order valence-electron chi connectivity index (χ0n) is 19.8. The van der Waals surface area contributed by atoms with Crippen molar-refractivity contribution in [3.8, 4) is 0 Å². The number of ketones is 1. The number of hydrogen-bond acceptors (Lipinski definition) is 5. The van der Waals surface area contributed by atoms with Crippen LogP contribution < -0.4 is 0 Å². The first-order chi connectivity index (χ1) is 16.4. The van der Waals surface area contributed by atoms with Gasteiger partial charge in [0.2, 0.25) is 0 Å². The van der Waals surface area contributed by atoms with E-state index in [9.17, 15) is 9.59 Å². The summed E-state index contributed by atoms with van der Waals surface area (Å²) in [6, 6.07) is 18.7. The van der Waals surface area contributed by atoms with Crippen LogP contribution in [0.25, 0.3) is 5.57 Å². The predicted octanol–water partition coefficient (Wildman–Crippen LogP) is 4.77. The van der Waals surface area contributed by atoms with E-state index in [1.807, 2.05) is 80.6 Å². The zero-order valence-corrected chi connectivity index (χ0v) is 19.8. The number of rotatable bonds is 4. The topological polar surface area (TPSA) is 68.2 Å². The molecule has 2 bridgehead atoms. The van der Waals surface area contributed by atoms with E-state index in [0.717, 1.165) is 16.7 Å². The van der Waals surface area contributed by atoms with E-state index in [-0.39, 0.29) is 12.4 Å². The van der Waals surface area contributed by atoms with Gasteiger partial charge in [0.05, 0.1) is 36.9 Å². The van der Waals surface area contributed by atoms with Crippen molar-refractivity contribution in [2.45, 2.75) is 38.3 Å².